The van der Waals surface area contributed by atoms with Gasteiger partial charge in [-0.25, -0.2) is 0 Å². The molecule has 4 N–H and O–H groups in total. The van der Waals surface area contributed by atoms with Crippen LogP contribution in [0.15, 0.2) is 0 Å². The Bertz CT molecular complexity index is 388. The van der Waals surface area contributed by atoms with E-state index in [4.69, 9.17) is 11.1 Å². The van der Waals surface area contributed by atoms with Crippen LogP contribution < -0.4 is 10.5 Å². The van der Waals surface area contributed by atoms with E-state index >= 15 is 0 Å². The smallest absolute Gasteiger partial charge is 0.280 e. The summed E-state index contributed by atoms with van der Waals surface area (Å²) >= 11 is 0. The monoisotopic (exact) mass is 276 g/mol. The van der Waals surface area contributed by atoms with Crippen LogP contribution in [0.1, 0.15) is 46.0 Å². The number of rotatable bonds is 5. The van der Waals surface area contributed by atoms with Crippen molar-refractivity contribution in [1.29, 1.82) is 5.41 Å². The summed E-state index contributed by atoms with van der Waals surface area (Å²) < 4.78 is 28.6. The van der Waals surface area contributed by atoms with E-state index < -0.39 is 15.7 Å². The predicted molar refractivity (Wildman–Crippen MR) is 72.7 cm³/mol. The SMILES string of the molecule is CCC(C)(NS(=O)(=O)N1CCCCCC1)C(=N)N. The van der Waals surface area contributed by atoms with Crippen molar-refractivity contribution in [2.24, 2.45) is 5.73 Å². The zero-order chi connectivity index (χ0) is 13.8. The fourth-order valence-corrected chi connectivity index (χ4v) is 3.64. The van der Waals surface area contributed by atoms with E-state index in [0.29, 0.717) is 19.5 Å². The Balaban J connectivity index is 2.82. The molecular formula is C11H24N4O2S. The number of nitrogens with one attached hydrogen (secondary N) is 2. The molecule has 7 heteroatoms. The number of amidine groups is 1. The molecule has 0 spiro atoms. The summed E-state index contributed by atoms with van der Waals surface area (Å²) in [6.45, 7) is 4.55. The standard InChI is InChI=1S/C11H24N4O2S/c1-3-11(2,10(12)13)14-18(16,17)15-8-6-4-5-7-9-15/h14H,3-9H2,1-2H3,(H3,12,13). The van der Waals surface area contributed by atoms with Crippen molar-refractivity contribution in [3.05, 3.63) is 0 Å². The summed E-state index contributed by atoms with van der Waals surface area (Å²) in [5, 5.41) is 7.52. The van der Waals surface area contributed by atoms with E-state index in [1.165, 1.54) is 4.31 Å². The molecule has 0 aromatic heterocycles. The Morgan fingerprint density at radius 2 is 1.83 bits per heavy atom. The minimum atomic E-state index is -3.56. The summed E-state index contributed by atoms with van der Waals surface area (Å²) in [5.74, 6) is -0.150. The lowest BCUT2D eigenvalue weighted by Crippen LogP contribution is -2.58. The molecule has 1 unspecified atom stereocenters. The third kappa shape index (κ3) is 3.66. The van der Waals surface area contributed by atoms with E-state index in [2.05, 4.69) is 4.72 Å². The van der Waals surface area contributed by atoms with Gasteiger partial charge in [0.25, 0.3) is 10.2 Å². The molecule has 1 aliphatic rings. The third-order valence-electron chi connectivity index (χ3n) is 3.56. The molecule has 0 bridgehead atoms. The van der Waals surface area contributed by atoms with Gasteiger partial charge in [-0.05, 0) is 26.2 Å². The Kier molecular flexibility index (Phi) is 5.12. The highest BCUT2D eigenvalue weighted by Gasteiger charge is 2.34. The van der Waals surface area contributed by atoms with Gasteiger partial charge < -0.3 is 5.73 Å². The van der Waals surface area contributed by atoms with Crippen molar-refractivity contribution >= 4 is 16.0 Å². The van der Waals surface area contributed by atoms with E-state index in [9.17, 15) is 8.42 Å². The van der Waals surface area contributed by atoms with Gasteiger partial charge in [-0.2, -0.15) is 17.4 Å². The number of hydrogen-bond donors (Lipinski definition) is 3. The average Bonchev–Trinajstić information content (AvgIpc) is 2.57. The number of nitrogens with two attached hydrogens (primary N) is 1. The topological polar surface area (TPSA) is 99.3 Å². The summed E-state index contributed by atoms with van der Waals surface area (Å²) in [7, 11) is -3.56. The van der Waals surface area contributed by atoms with Crippen LogP contribution in [0.2, 0.25) is 0 Å². The Hall–Kier alpha value is -0.660. The van der Waals surface area contributed by atoms with E-state index in [1.807, 2.05) is 6.92 Å². The summed E-state index contributed by atoms with van der Waals surface area (Å²) in [6.07, 6.45) is 4.39. The molecule has 1 atom stereocenters. The molecule has 106 valence electrons. The van der Waals surface area contributed by atoms with Crippen LogP contribution in [0.3, 0.4) is 0 Å². The molecule has 6 nitrogen and oxygen atoms in total. The van der Waals surface area contributed by atoms with Crippen LogP contribution in [-0.2, 0) is 10.2 Å². The van der Waals surface area contributed by atoms with Crippen LogP contribution in [0, 0.1) is 5.41 Å². The molecular weight excluding hydrogens is 252 g/mol. The van der Waals surface area contributed by atoms with Gasteiger partial charge in [-0.3, -0.25) is 5.41 Å². The number of nitrogens with zero attached hydrogens (tertiary/aromatic N) is 1. The first-order valence-corrected chi connectivity index (χ1v) is 7.89. The van der Waals surface area contributed by atoms with Crippen molar-refractivity contribution in [3.63, 3.8) is 0 Å². The highest BCUT2D eigenvalue weighted by Crippen LogP contribution is 2.16. The fraction of sp³-hybridized carbons (Fsp3) is 0.909. The highest BCUT2D eigenvalue weighted by molar-refractivity contribution is 7.87. The molecule has 0 saturated carbocycles. The Morgan fingerprint density at radius 1 is 1.33 bits per heavy atom. The molecule has 0 aromatic rings. The quantitative estimate of drug-likeness (QED) is 0.511. The van der Waals surface area contributed by atoms with Crippen LogP contribution in [-0.4, -0.2) is 37.2 Å². The molecule has 1 rings (SSSR count). The van der Waals surface area contributed by atoms with Gasteiger partial charge in [-0.1, -0.05) is 19.8 Å². The van der Waals surface area contributed by atoms with Crippen molar-refractivity contribution in [1.82, 2.24) is 9.03 Å². The molecule has 0 aromatic carbocycles. The van der Waals surface area contributed by atoms with Crippen LogP contribution in [0.5, 0.6) is 0 Å². The zero-order valence-corrected chi connectivity index (χ0v) is 12.0. The van der Waals surface area contributed by atoms with Crippen LogP contribution >= 0.6 is 0 Å². The summed E-state index contributed by atoms with van der Waals surface area (Å²) in [4.78, 5) is 0. The molecule has 1 aliphatic heterocycles. The Morgan fingerprint density at radius 3 is 2.22 bits per heavy atom. The summed E-state index contributed by atoms with van der Waals surface area (Å²) in [5.41, 5.74) is 4.49. The number of hydrogen-bond acceptors (Lipinski definition) is 3. The third-order valence-corrected chi connectivity index (χ3v) is 5.31. The normalized spacial score (nSPS) is 22.1. The second-order valence-electron chi connectivity index (χ2n) is 5.02. The van der Waals surface area contributed by atoms with Crippen LogP contribution in [0.4, 0.5) is 0 Å². The second kappa shape index (κ2) is 5.99. The lowest BCUT2D eigenvalue weighted by atomic mass is 10.00. The van der Waals surface area contributed by atoms with Gasteiger partial charge in [0.15, 0.2) is 0 Å². The maximum Gasteiger partial charge on any atom is 0.280 e. The van der Waals surface area contributed by atoms with Gasteiger partial charge in [0.2, 0.25) is 0 Å². The van der Waals surface area contributed by atoms with Crippen LogP contribution in [0.25, 0.3) is 0 Å². The van der Waals surface area contributed by atoms with E-state index in [-0.39, 0.29) is 5.84 Å². The van der Waals surface area contributed by atoms with Gasteiger partial charge in [0.05, 0.1) is 5.54 Å². The highest BCUT2D eigenvalue weighted by atomic mass is 32.2. The van der Waals surface area contributed by atoms with E-state index in [0.717, 1.165) is 25.7 Å². The maximum atomic E-state index is 12.3. The molecule has 1 heterocycles. The average molecular weight is 276 g/mol. The Labute approximate surface area is 110 Å². The molecule has 1 fully saturated rings. The van der Waals surface area contributed by atoms with Crippen molar-refractivity contribution in [3.8, 4) is 0 Å². The largest absolute Gasteiger partial charge is 0.386 e. The maximum absolute atomic E-state index is 12.3. The van der Waals surface area contributed by atoms with Gasteiger partial charge in [0, 0.05) is 13.1 Å². The van der Waals surface area contributed by atoms with Crippen molar-refractivity contribution in [2.45, 2.75) is 51.5 Å². The fourth-order valence-electron chi connectivity index (χ4n) is 1.95. The minimum Gasteiger partial charge on any atom is -0.386 e. The lowest BCUT2D eigenvalue weighted by molar-refractivity contribution is 0.397. The molecule has 18 heavy (non-hydrogen) atoms. The molecule has 1 saturated heterocycles. The molecule has 0 amide bonds. The first kappa shape index (κ1) is 15.4. The minimum absolute atomic E-state index is 0.150. The first-order chi connectivity index (χ1) is 8.32. The second-order valence-corrected chi connectivity index (χ2v) is 6.69. The van der Waals surface area contributed by atoms with Gasteiger partial charge in [0.1, 0.15) is 5.84 Å². The first-order valence-electron chi connectivity index (χ1n) is 6.45. The zero-order valence-electron chi connectivity index (χ0n) is 11.2. The van der Waals surface area contributed by atoms with Crippen molar-refractivity contribution in [2.75, 3.05) is 13.1 Å². The molecule has 0 aliphatic carbocycles. The summed E-state index contributed by atoms with van der Waals surface area (Å²) in [6, 6.07) is 0. The van der Waals surface area contributed by atoms with Gasteiger partial charge >= 0.3 is 0 Å². The van der Waals surface area contributed by atoms with Gasteiger partial charge in [-0.15, -0.1) is 0 Å². The molecule has 0 radical (unpaired) electrons. The van der Waals surface area contributed by atoms with Crippen molar-refractivity contribution < 1.29 is 8.42 Å². The lowest BCUT2D eigenvalue weighted by Gasteiger charge is -2.31. The van der Waals surface area contributed by atoms with E-state index in [1.54, 1.807) is 6.92 Å². The predicted octanol–water partition coefficient (Wildman–Crippen LogP) is 0.801.